The van der Waals surface area contributed by atoms with Crippen LogP contribution in [0.15, 0.2) is 18.2 Å². The summed E-state index contributed by atoms with van der Waals surface area (Å²) in [6.07, 6.45) is -4.39. The molecule has 1 rings (SSSR count). The number of rotatable bonds is 6. The monoisotopic (exact) mass is 283 g/mol. The minimum atomic E-state index is -4.39. The molecule has 0 aliphatic carbocycles. The molecular formula is C12H14F5NO. The molecule has 0 radical (unpaired) electrons. The van der Waals surface area contributed by atoms with Crippen LogP contribution in [-0.2, 0) is 11.2 Å². The van der Waals surface area contributed by atoms with Gasteiger partial charge < -0.3 is 10.5 Å². The minimum absolute atomic E-state index is 0.0872. The highest BCUT2D eigenvalue weighted by molar-refractivity contribution is 5.20. The molecule has 7 heteroatoms. The van der Waals surface area contributed by atoms with E-state index in [1.807, 2.05) is 0 Å². The molecule has 108 valence electrons. The highest BCUT2D eigenvalue weighted by Gasteiger charge is 2.27. The van der Waals surface area contributed by atoms with Crippen molar-refractivity contribution < 1.29 is 26.7 Å². The maximum Gasteiger partial charge on any atom is 0.411 e. The van der Waals surface area contributed by atoms with Crippen LogP contribution in [0.5, 0.6) is 0 Å². The molecule has 0 amide bonds. The minimum Gasteiger partial charge on any atom is -0.372 e. The molecule has 0 aromatic heterocycles. The van der Waals surface area contributed by atoms with E-state index in [1.165, 1.54) is 6.07 Å². The van der Waals surface area contributed by atoms with Crippen molar-refractivity contribution >= 4 is 0 Å². The Bertz CT molecular complexity index is 387. The maximum atomic E-state index is 13.3. The molecule has 2 N–H and O–H groups in total. The second-order valence-corrected chi connectivity index (χ2v) is 4.12. The quantitative estimate of drug-likeness (QED) is 0.643. The fourth-order valence-corrected chi connectivity index (χ4v) is 1.51. The lowest BCUT2D eigenvalue weighted by Gasteiger charge is -2.13. The van der Waals surface area contributed by atoms with Crippen molar-refractivity contribution in [1.29, 1.82) is 0 Å². The van der Waals surface area contributed by atoms with Gasteiger partial charge in [0.15, 0.2) is 0 Å². The Morgan fingerprint density at radius 1 is 1.16 bits per heavy atom. The molecule has 1 unspecified atom stereocenters. The van der Waals surface area contributed by atoms with E-state index in [9.17, 15) is 22.0 Å². The number of hydrogen-bond donors (Lipinski definition) is 1. The third-order valence-corrected chi connectivity index (χ3v) is 2.43. The van der Waals surface area contributed by atoms with Crippen molar-refractivity contribution in [3.63, 3.8) is 0 Å². The zero-order chi connectivity index (χ0) is 14.5. The van der Waals surface area contributed by atoms with E-state index in [1.54, 1.807) is 0 Å². The van der Waals surface area contributed by atoms with Gasteiger partial charge in [0.1, 0.15) is 18.2 Å². The van der Waals surface area contributed by atoms with Crippen LogP contribution >= 0.6 is 0 Å². The van der Waals surface area contributed by atoms with Crippen molar-refractivity contribution in [2.24, 2.45) is 5.73 Å². The second-order valence-electron chi connectivity index (χ2n) is 4.12. The van der Waals surface area contributed by atoms with Gasteiger partial charge in [-0.2, -0.15) is 13.2 Å². The summed E-state index contributed by atoms with van der Waals surface area (Å²) >= 11 is 0. The van der Waals surface area contributed by atoms with Crippen molar-refractivity contribution in [3.05, 3.63) is 35.4 Å². The van der Waals surface area contributed by atoms with Crippen LogP contribution in [-0.4, -0.2) is 25.4 Å². The van der Waals surface area contributed by atoms with E-state index in [0.29, 0.717) is 0 Å². The summed E-state index contributed by atoms with van der Waals surface area (Å²) in [4.78, 5) is 0. The van der Waals surface area contributed by atoms with Gasteiger partial charge >= 0.3 is 6.18 Å². The summed E-state index contributed by atoms with van der Waals surface area (Å²) in [5.41, 5.74) is 5.44. The molecule has 1 aromatic carbocycles. The van der Waals surface area contributed by atoms with Crippen LogP contribution in [0.4, 0.5) is 22.0 Å². The summed E-state index contributed by atoms with van der Waals surface area (Å²) in [6, 6.07) is 2.77. The zero-order valence-corrected chi connectivity index (χ0v) is 10.0. The first kappa shape index (κ1) is 15.8. The van der Waals surface area contributed by atoms with Crippen LogP contribution in [0, 0.1) is 11.6 Å². The lowest BCUT2D eigenvalue weighted by atomic mass is 10.0. The smallest absolute Gasteiger partial charge is 0.372 e. The molecule has 0 saturated carbocycles. The van der Waals surface area contributed by atoms with E-state index in [0.717, 1.165) is 12.1 Å². The van der Waals surface area contributed by atoms with Gasteiger partial charge in [-0.1, -0.05) is 6.07 Å². The molecule has 0 bridgehead atoms. The van der Waals surface area contributed by atoms with Gasteiger partial charge in [-0.15, -0.1) is 0 Å². The Hall–Kier alpha value is -1.21. The van der Waals surface area contributed by atoms with E-state index >= 15 is 0 Å². The van der Waals surface area contributed by atoms with Gasteiger partial charge in [0, 0.05) is 18.2 Å². The lowest BCUT2D eigenvalue weighted by Crippen LogP contribution is -2.27. The molecule has 19 heavy (non-hydrogen) atoms. The topological polar surface area (TPSA) is 35.2 Å². The highest BCUT2D eigenvalue weighted by Crippen LogP contribution is 2.16. The number of ether oxygens (including phenoxy) is 1. The first-order valence-corrected chi connectivity index (χ1v) is 5.62. The molecular weight excluding hydrogens is 269 g/mol. The number of halogens is 5. The van der Waals surface area contributed by atoms with Gasteiger partial charge in [-0.3, -0.25) is 0 Å². The summed E-state index contributed by atoms with van der Waals surface area (Å²) in [7, 11) is 0. The number of nitrogens with two attached hydrogens (primary N) is 1. The Morgan fingerprint density at radius 3 is 2.26 bits per heavy atom. The van der Waals surface area contributed by atoms with Gasteiger partial charge in [-0.05, 0) is 25.0 Å². The third kappa shape index (κ3) is 5.98. The molecule has 0 fully saturated rings. The normalized spacial score (nSPS) is 13.6. The Labute approximate surface area is 107 Å². The summed E-state index contributed by atoms with van der Waals surface area (Å²) < 4.78 is 66.3. The first-order valence-electron chi connectivity index (χ1n) is 5.62. The van der Waals surface area contributed by atoms with E-state index < -0.39 is 30.5 Å². The second kappa shape index (κ2) is 6.81. The molecule has 0 aliphatic rings. The van der Waals surface area contributed by atoms with Gasteiger partial charge in [0.05, 0.1) is 0 Å². The van der Waals surface area contributed by atoms with Crippen molar-refractivity contribution in [3.8, 4) is 0 Å². The molecule has 0 aliphatic heterocycles. The summed E-state index contributed by atoms with van der Waals surface area (Å²) in [5.74, 6) is -1.43. The van der Waals surface area contributed by atoms with Crippen molar-refractivity contribution in [2.75, 3.05) is 13.2 Å². The predicted octanol–water partition coefficient (Wildman–Crippen LogP) is 2.80. The molecule has 0 saturated heterocycles. The zero-order valence-electron chi connectivity index (χ0n) is 10.0. The summed E-state index contributed by atoms with van der Waals surface area (Å²) in [6.45, 7) is -1.56. The van der Waals surface area contributed by atoms with Crippen LogP contribution in [0.1, 0.15) is 12.0 Å². The number of hydrogen-bond acceptors (Lipinski definition) is 2. The Morgan fingerprint density at radius 2 is 1.74 bits per heavy atom. The largest absolute Gasteiger partial charge is 0.411 e. The maximum absolute atomic E-state index is 13.3. The Balaban J connectivity index is 2.37. The predicted molar refractivity (Wildman–Crippen MR) is 59.5 cm³/mol. The van der Waals surface area contributed by atoms with E-state index in [2.05, 4.69) is 4.74 Å². The molecule has 1 atom stereocenters. The summed E-state index contributed by atoms with van der Waals surface area (Å²) in [5, 5.41) is 0. The fourth-order valence-electron chi connectivity index (χ4n) is 1.51. The van der Waals surface area contributed by atoms with Crippen LogP contribution < -0.4 is 5.73 Å². The average Bonchev–Trinajstić information content (AvgIpc) is 2.28. The van der Waals surface area contributed by atoms with Crippen LogP contribution in [0.3, 0.4) is 0 Å². The first-order chi connectivity index (χ1) is 8.79. The molecule has 2 nitrogen and oxygen atoms in total. The van der Waals surface area contributed by atoms with Crippen molar-refractivity contribution in [1.82, 2.24) is 0 Å². The fraction of sp³-hybridized carbons (Fsp3) is 0.500. The average molecular weight is 283 g/mol. The van der Waals surface area contributed by atoms with Crippen LogP contribution in [0.2, 0.25) is 0 Å². The molecule has 0 heterocycles. The molecule has 0 spiro atoms. The number of alkyl halides is 3. The number of benzene rings is 1. The van der Waals surface area contributed by atoms with Gasteiger partial charge in [0.2, 0.25) is 0 Å². The van der Waals surface area contributed by atoms with E-state index in [4.69, 9.17) is 5.73 Å². The Kier molecular flexibility index (Phi) is 5.68. The van der Waals surface area contributed by atoms with Gasteiger partial charge in [0.25, 0.3) is 0 Å². The molecule has 1 aromatic rings. The van der Waals surface area contributed by atoms with E-state index in [-0.39, 0.29) is 25.0 Å². The lowest BCUT2D eigenvalue weighted by molar-refractivity contribution is -0.174. The van der Waals surface area contributed by atoms with Crippen LogP contribution in [0.25, 0.3) is 0 Å². The highest BCUT2D eigenvalue weighted by atomic mass is 19.4. The van der Waals surface area contributed by atoms with Gasteiger partial charge in [-0.25, -0.2) is 8.78 Å². The standard InChI is InChI=1S/C12H14F5NO/c13-10-2-1-3-11(14)9(10)6-8(18)4-5-19-7-12(15,16)17/h1-3,8H,4-7,18H2. The van der Waals surface area contributed by atoms with Crippen molar-refractivity contribution in [2.45, 2.75) is 25.1 Å². The third-order valence-electron chi connectivity index (χ3n) is 2.43. The SMILES string of the molecule is NC(CCOCC(F)(F)F)Cc1c(F)cccc1F.